The van der Waals surface area contributed by atoms with Gasteiger partial charge in [-0.25, -0.2) is 0 Å². The van der Waals surface area contributed by atoms with Crippen LogP contribution in [0.1, 0.15) is 26.7 Å². The Kier molecular flexibility index (Phi) is 6.69. The Hall–Kier alpha value is 0.270. The maximum Gasteiger partial charge on any atom is 0.00795 e. The Labute approximate surface area is 99.2 Å². The van der Waals surface area contributed by atoms with E-state index in [2.05, 4.69) is 30.3 Å². The molecule has 2 unspecified atom stereocenters. The smallest absolute Gasteiger partial charge is 0.00795 e. The van der Waals surface area contributed by atoms with E-state index in [4.69, 9.17) is 0 Å². The first-order chi connectivity index (χ1) is 7.27. The van der Waals surface area contributed by atoms with E-state index in [-0.39, 0.29) is 0 Å². The lowest BCUT2D eigenvalue weighted by molar-refractivity contribution is 0.158. The van der Waals surface area contributed by atoms with Gasteiger partial charge < -0.3 is 10.2 Å². The van der Waals surface area contributed by atoms with E-state index in [1.807, 2.05) is 11.8 Å². The second-order valence-electron chi connectivity index (χ2n) is 4.53. The molecule has 2 nitrogen and oxygen atoms in total. The molecule has 0 aromatic carbocycles. The first-order valence-electron chi connectivity index (χ1n) is 6.22. The third kappa shape index (κ3) is 4.75. The summed E-state index contributed by atoms with van der Waals surface area (Å²) in [7, 11) is 0. The largest absolute Gasteiger partial charge is 0.313 e. The van der Waals surface area contributed by atoms with Crippen LogP contribution >= 0.6 is 11.8 Å². The van der Waals surface area contributed by atoms with Crippen molar-refractivity contribution in [3.63, 3.8) is 0 Å². The van der Waals surface area contributed by atoms with Gasteiger partial charge >= 0.3 is 0 Å². The van der Waals surface area contributed by atoms with Crippen molar-refractivity contribution in [3.05, 3.63) is 0 Å². The molecule has 1 saturated heterocycles. The van der Waals surface area contributed by atoms with Gasteiger partial charge in [-0.15, -0.1) is 0 Å². The molecule has 1 fully saturated rings. The molecule has 1 heterocycles. The van der Waals surface area contributed by atoms with Gasteiger partial charge in [-0.1, -0.05) is 6.92 Å². The number of hydrogen-bond donors (Lipinski definition) is 1. The molecule has 90 valence electrons. The molecule has 0 aliphatic carbocycles. The van der Waals surface area contributed by atoms with Gasteiger partial charge in [-0.3, -0.25) is 0 Å². The van der Waals surface area contributed by atoms with E-state index in [9.17, 15) is 0 Å². The summed E-state index contributed by atoms with van der Waals surface area (Å²) in [5.74, 6) is 2.09. The van der Waals surface area contributed by atoms with Gasteiger partial charge in [-0.2, -0.15) is 11.8 Å². The van der Waals surface area contributed by atoms with E-state index in [1.54, 1.807) is 0 Å². The summed E-state index contributed by atoms with van der Waals surface area (Å²) in [6, 6.07) is 0.687. The number of piperidine rings is 1. The summed E-state index contributed by atoms with van der Waals surface area (Å²) >= 11 is 1.92. The van der Waals surface area contributed by atoms with Crippen LogP contribution < -0.4 is 5.32 Å². The summed E-state index contributed by atoms with van der Waals surface area (Å²) in [5.41, 5.74) is 0. The summed E-state index contributed by atoms with van der Waals surface area (Å²) in [6.45, 7) is 9.60. The second kappa shape index (κ2) is 7.53. The molecule has 0 radical (unpaired) electrons. The standard InChI is InChI=1S/C12H26N2S/c1-4-14-8-5-6-12(10-14)11(2)13-7-9-15-3/h11-13H,4-10H2,1-3H3. The molecule has 2 atom stereocenters. The van der Waals surface area contributed by atoms with Crippen molar-refractivity contribution in [2.45, 2.75) is 32.7 Å². The van der Waals surface area contributed by atoms with Gasteiger partial charge in [0, 0.05) is 24.9 Å². The Balaban J connectivity index is 2.22. The highest BCUT2D eigenvalue weighted by Crippen LogP contribution is 2.19. The third-order valence-electron chi connectivity index (χ3n) is 3.47. The number of rotatable bonds is 6. The van der Waals surface area contributed by atoms with Gasteiger partial charge in [0.05, 0.1) is 0 Å². The number of nitrogens with one attached hydrogen (secondary N) is 1. The van der Waals surface area contributed by atoms with E-state index < -0.39 is 0 Å². The Morgan fingerprint density at radius 1 is 1.53 bits per heavy atom. The fourth-order valence-electron chi connectivity index (χ4n) is 2.34. The maximum atomic E-state index is 3.65. The Morgan fingerprint density at radius 2 is 2.33 bits per heavy atom. The highest BCUT2D eigenvalue weighted by molar-refractivity contribution is 7.98. The Bertz CT molecular complexity index is 164. The molecule has 0 aromatic heterocycles. The van der Waals surface area contributed by atoms with E-state index >= 15 is 0 Å². The summed E-state index contributed by atoms with van der Waals surface area (Å²) in [5, 5.41) is 3.65. The molecular formula is C12H26N2S. The predicted octanol–water partition coefficient (Wildman–Crippen LogP) is 2.06. The van der Waals surface area contributed by atoms with Crippen LogP contribution in [0.3, 0.4) is 0 Å². The number of likely N-dealkylation sites (tertiary alicyclic amines) is 1. The van der Waals surface area contributed by atoms with Crippen molar-refractivity contribution in [1.82, 2.24) is 10.2 Å². The van der Waals surface area contributed by atoms with Gasteiger partial charge in [0.1, 0.15) is 0 Å². The van der Waals surface area contributed by atoms with Crippen LogP contribution in [-0.2, 0) is 0 Å². The highest BCUT2D eigenvalue weighted by atomic mass is 32.2. The molecule has 0 bridgehead atoms. The van der Waals surface area contributed by atoms with Crippen molar-refractivity contribution in [3.8, 4) is 0 Å². The average molecular weight is 230 g/mol. The van der Waals surface area contributed by atoms with Crippen LogP contribution in [0.4, 0.5) is 0 Å². The zero-order chi connectivity index (χ0) is 11.1. The third-order valence-corrected chi connectivity index (χ3v) is 4.08. The predicted molar refractivity (Wildman–Crippen MR) is 70.7 cm³/mol. The van der Waals surface area contributed by atoms with Crippen LogP contribution in [0.5, 0.6) is 0 Å². The number of nitrogens with zero attached hydrogens (tertiary/aromatic N) is 1. The molecular weight excluding hydrogens is 204 g/mol. The number of hydrogen-bond acceptors (Lipinski definition) is 3. The molecule has 3 heteroatoms. The lowest BCUT2D eigenvalue weighted by Gasteiger charge is -2.35. The minimum atomic E-state index is 0.687. The molecule has 0 amide bonds. The first kappa shape index (κ1) is 13.3. The fourth-order valence-corrected chi connectivity index (χ4v) is 2.66. The zero-order valence-corrected chi connectivity index (χ0v) is 11.3. The molecule has 1 rings (SSSR count). The molecule has 1 aliphatic heterocycles. The van der Waals surface area contributed by atoms with Crippen LogP contribution in [-0.4, -0.2) is 49.1 Å². The van der Waals surface area contributed by atoms with Crippen LogP contribution in [0.2, 0.25) is 0 Å². The van der Waals surface area contributed by atoms with Crippen molar-refractivity contribution >= 4 is 11.8 Å². The summed E-state index contributed by atoms with van der Waals surface area (Å²) < 4.78 is 0. The van der Waals surface area contributed by atoms with Crippen molar-refractivity contribution in [2.75, 3.05) is 38.2 Å². The minimum absolute atomic E-state index is 0.687. The van der Waals surface area contributed by atoms with Crippen molar-refractivity contribution in [1.29, 1.82) is 0 Å². The minimum Gasteiger partial charge on any atom is -0.313 e. The molecule has 0 saturated carbocycles. The monoisotopic (exact) mass is 230 g/mol. The van der Waals surface area contributed by atoms with Crippen LogP contribution in [0.25, 0.3) is 0 Å². The zero-order valence-electron chi connectivity index (χ0n) is 10.5. The van der Waals surface area contributed by atoms with Gasteiger partial charge in [0.2, 0.25) is 0 Å². The highest BCUT2D eigenvalue weighted by Gasteiger charge is 2.23. The van der Waals surface area contributed by atoms with E-state index in [1.165, 1.54) is 38.2 Å². The first-order valence-corrected chi connectivity index (χ1v) is 7.62. The van der Waals surface area contributed by atoms with Gasteiger partial charge in [0.15, 0.2) is 0 Å². The average Bonchev–Trinajstić information content (AvgIpc) is 2.29. The molecule has 1 aliphatic rings. The fraction of sp³-hybridized carbons (Fsp3) is 1.00. The van der Waals surface area contributed by atoms with Gasteiger partial charge in [0.25, 0.3) is 0 Å². The second-order valence-corrected chi connectivity index (χ2v) is 5.52. The maximum absolute atomic E-state index is 3.65. The molecule has 0 aromatic rings. The van der Waals surface area contributed by atoms with Gasteiger partial charge in [-0.05, 0) is 45.0 Å². The van der Waals surface area contributed by atoms with Crippen molar-refractivity contribution < 1.29 is 0 Å². The Morgan fingerprint density at radius 3 is 3.00 bits per heavy atom. The lowest BCUT2D eigenvalue weighted by Crippen LogP contribution is -2.44. The lowest BCUT2D eigenvalue weighted by atomic mass is 9.91. The summed E-state index contributed by atoms with van der Waals surface area (Å²) in [6.07, 6.45) is 4.96. The summed E-state index contributed by atoms with van der Waals surface area (Å²) in [4.78, 5) is 2.58. The SMILES string of the molecule is CCN1CCCC(C(C)NCCSC)C1. The quantitative estimate of drug-likeness (QED) is 0.703. The molecule has 0 spiro atoms. The van der Waals surface area contributed by atoms with Crippen LogP contribution in [0, 0.1) is 5.92 Å². The molecule has 1 N–H and O–H groups in total. The molecule has 15 heavy (non-hydrogen) atoms. The number of thioether (sulfide) groups is 1. The van der Waals surface area contributed by atoms with Crippen LogP contribution in [0.15, 0.2) is 0 Å². The van der Waals surface area contributed by atoms with E-state index in [0.29, 0.717) is 6.04 Å². The topological polar surface area (TPSA) is 15.3 Å². The normalized spacial score (nSPS) is 25.4. The van der Waals surface area contributed by atoms with E-state index in [0.717, 1.165) is 12.5 Å². The van der Waals surface area contributed by atoms with Crippen molar-refractivity contribution in [2.24, 2.45) is 5.92 Å².